The van der Waals surface area contributed by atoms with Crippen LogP contribution in [0.3, 0.4) is 0 Å². The van der Waals surface area contributed by atoms with Gasteiger partial charge in [0.2, 0.25) is 0 Å². The van der Waals surface area contributed by atoms with Gasteiger partial charge in [-0.05, 0) is 63.2 Å². The van der Waals surface area contributed by atoms with E-state index in [0.717, 1.165) is 32.5 Å². The lowest BCUT2D eigenvalue weighted by molar-refractivity contribution is -0.119. The average Bonchev–Trinajstić information content (AvgIpc) is 3.16. The zero-order valence-corrected chi connectivity index (χ0v) is 21.2. The summed E-state index contributed by atoms with van der Waals surface area (Å²) in [6.45, 7) is 5.48. The number of aryl methyl sites for hydroxylation is 2. The van der Waals surface area contributed by atoms with E-state index in [1.54, 1.807) is 48.7 Å². The Morgan fingerprint density at radius 3 is 2.17 bits per heavy atom. The molecule has 0 aliphatic heterocycles. The van der Waals surface area contributed by atoms with Crippen LogP contribution in [0.25, 0.3) is 5.69 Å². The molecule has 4 rings (SSSR count). The number of hydrogen-bond acceptors (Lipinski definition) is 4. The van der Waals surface area contributed by atoms with Crippen molar-refractivity contribution in [3.63, 3.8) is 0 Å². The molecule has 0 aliphatic carbocycles. The van der Waals surface area contributed by atoms with Gasteiger partial charge in [-0.25, -0.2) is 13.8 Å². The Labute approximate surface area is 211 Å². The summed E-state index contributed by atoms with van der Waals surface area (Å²) in [6.07, 6.45) is 1.57. The molecule has 1 amide bonds. The minimum atomic E-state index is -3.96. The number of sulfonamides is 1. The fraction of sp³-hybridized carbons (Fsp3) is 0.143. The van der Waals surface area contributed by atoms with E-state index in [0.29, 0.717) is 5.69 Å². The van der Waals surface area contributed by atoms with Crippen molar-refractivity contribution < 1.29 is 13.2 Å². The minimum absolute atomic E-state index is 0.107. The first-order valence-electron chi connectivity index (χ1n) is 11.5. The number of amides is 1. The summed E-state index contributed by atoms with van der Waals surface area (Å²) in [6, 6.07) is 27.0. The second-order valence-electron chi connectivity index (χ2n) is 8.45. The fourth-order valence-corrected chi connectivity index (χ4v) is 5.42. The van der Waals surface area contributed by atoms with E-state index in [4.69, 9.17) is 0 Å². The van der Waals surface area contributed by atoms with E-state index in [2.05, 4.69) is 15.1 Å². The first-order valence-corrected chi connectivity index (χ1v) is 12.9. The number of rotatable bonds is 8. The van der Waals surface area contributed by atoms with Crippen LogP contribution in [0.15, 0.2) is 101 Å². The maximum Gasteiger partial charge on any atom is 0.264 e. The predicted molar refractivity (Wildman–Crippen MR) is 143 cm³/mol. The molecule has 7 nitrogen and oxygen atoms in total. The third-order valence-corrected chi connectivity index (χ3v) is 7.61. The lowest BCUT2D eigenvalue weighted by Crippen LogP contribution is -2.39. The number of anilines is 1. The van der Waals surface area contributed by atoms with Crippen LogP contribution in [0, 0.1) is 20.8 Å². The number of carbonyl (C=O) groups excluding carboxylic acids is 1. The Hall–Kier alpha value is -4.17. The molecule has 0 bridgehead atoms. The summed E-state index contributed by atoms with van der Waals surface area (Å²) in [5.74, 6) is -0.553. The highest BCUT2D eigenvalue weighted by Gasteiger charge is 2.27. The van der Waals surface area contributed by atoms with E-state index < -0.39 is 22.5 Å². The van der Waals surface area contributed by atoms with E-state index in [1.165, 1.54) is 12.1 Å². The van der Waals surface area contributed by atoms with Crippen molar-refractivity contribution in [1.29, 1.82) is 0 Å². The number of hydrogen-bond donors (Lipinski definition) is 1. The Kier molecular flexibility index (Phi) is 7.36. The van der Waals surface area contributed by atoms with E-state index >= 15 is 0 Å². The van der Waals surface area contributed by atoms with Crippen LogP contribution in [0.4, 0.5) is 5.69 Å². The standard InChI is InChI=1S/C28H28N4O3S/c1-21-14-16-25(17-15-21)31(36(34,35)27-12-8-5-9-13-27)20-28(33)30-29-19-24-18-22(2)32(23(24)3)26-10-6-4-7-11-26/h4-19H,20H2,1-3H3,(H,30,33)/b29-19+. The Morgan fingerprint density at radius 1 is 0.917 bits per heavy atom. The van der Waals surface area contributed by atoms with Gasteiger partial charge >= 0.3 is 0 Å². The molecular formula is C28H28N4O3S. The predicted octanol–water partition coefficient (Wildman–Crippen LogP) is 4.75. The summed E-state index contributed by atoms with van der Waals surface area (Å²) < 4.78 is 29.9. The molecule has 0 radical (unpaired) electrons. The van der Waals surface area contributed by atoms with Gasteiger partial charge in [-0.15, -0.1) is 0 Å². The molecule has 184 valence electrons. The van der Waals surface area contributed by atoms with Crippen LogP contribution >= 0.6 is 0 Å². The SMILES string of the molecule is Cc1ccc(N(CC(=O)N/N=C/c2cc(C)n(-c3ccccc3)c2C)S(=O)(=O)c2ccccc2)cc1. The summed E-state index contributed by atoms with van der Waals surface area (Å²) >= 11 is 0. The number of nitrogens with zero attached hydrogens (tertiary/aromatic N) is 3. The first-order chi connectivity index (χ1) is 17.3. The average molecular weight is 501 g/mol. The minimum Gasteiger partial charge on any atom is -0.318 e. The number of hydrazone groups is 1. The van der Waals surface area contributed by atoms with Crippen molar-refractivity contribution in [1.82, 2.24) is 9.99 Å². The molecular weight excluding hydrogens is 472 g/mol. The van der Waals surface area contributed by atoms with Gasteiger partial charge in [-0.2, -0.15) is 5.10 Å². The normalized spacial score (nSPS) is 11.5. The van der Waals surface area contributed by atoms with Gasteiger partial charge in [0.15, 0.2) is 0 Å². The van der Waals surface area contributed by atoms with Gasteiger partial charge in [0, 0.05) is 22.6 Å². The molecule has 0 saturated carbocycles. The maximum absolute atomic E-state index is 13.4. The summed E-state index contributed by atoms with van der Waals surface area (Å²) in [4.78, 5) is 12.9. The topological polar surface area (TPSA) is 83.8 Å². The Morgan fingerprint density at radius 2 is 1.53 bits per heavy atom. The monoisotopic (exact) mass is 500 g/mol. The van der Waals surface area contributed by atoms with Crippen molar-refractivity contribution >= 4 is 27.8 Å². The fourth-order valence-electron chi connectivity index (χ4n) is 3.98. The molecule has 0 unspecified atom stereocenters. The van der Waals surface area contributed by atoms with Crippen molar-refractivity contribution in [2.75, 3.05) is 10.8 Å². The highest BCUT2D eigenvalue weighted by molar-refractivity contribution is 7.92. The third-order valence-electron chi connectivity index (χ3n) is 5.82. The summed E-state index contributed by atoms with van der Waals surface area (Å²) in [5.41, 5.74) is 7.76. The van der Waals surface area contributed by atoms with Crippen LogP contribution in [0.5, 0.6) is 0 Å². The van der Waals surface area contributed by atoms with Crippen molar-refractivity contribution in [3.05, 3.63) is 114 Å². The van der Waals surface area contributed by atoms with Crippen molar-refractivity contribution in [2.24, 2.45) is 5.10 Å². The summed E-state index contributed by atoms with van der Waals surface area (Å²) in [5, 5.41) is 4.11. The van der Waals surface area contributed by atoms with Gasteiger partial charge in [0.05, 0.1) is 16.8 Å². The van der Waals surface area contributed by atoms with Crippen molar-refractivity contribution in [3.8, 4) is 5.69 Å². The molecule has 1 N–H and O–H groups in total. The molecule has 0 atom stereocenters. The molecule has 8 heteroatoms. The molecule has 1 heterocycles. The van der Waals surface area contributed by atoms with Gasteiger partial charge in [0.1, 0.15) is 6.54 Å². The van der Waals surface area contributed by atoms with Gasteiger partial charge in [0.25, 0.3) is 15.9 Å². The Bertz CT molecular complexity index is 1480. The largest absolute Gasteiger partial charge is 0.318 e. The van der Waals surface area contributed by atoms with Gasteiger partial charge < -0.3 is 4.57 Å². The van der Waals surface area contributed by atoms with E-state index in [1.807, 2.05) is 57.2 Å². The molecule has 0 fully saturated rings. The number of para-hydroxylation sites is 1. The molecule has 0 saturated heterocycles. The van der Waals surface area contributed by atoms with Crippen LogP contribution in [0.2, 0.25) is 0 Å². The number of nitrogens with one attached hydrogen (secondary N) is 1. The van der Waals surface area contributed by atoms with Crippen LogP contribution in [0.1, 0.15) is 22.5 Å². The molecule has 1 aromatic heterocycles. The zero-order valence-electron chi connectivity index (χ0n) is 20.4. The third kappa shape index (κ3) is 5.39. The number of carbonyl (C=O) groups is 1. The van der Waals surface area contributed by atoms with E-state index in [-0.39, 0.29) is 4.90 Å². The van der Waals surface area contributed by atoms with Crippen LogP contribution in [-0.4, -0.2) is 31.7 Å². The highest BCUT2D eigenvalue weighted by atomic mass is 32.2. The van der Waals surface area contributed by atoms with Gasteiger partial charge in [-0.3, -0.25) is 9.10 Å². The molecule has 4 aromatic rings. The second-order valence-corrected chi connectivity index (χ2v) is 10.3. The van der Waals surface area contributed by atoms with Crippen molar-refractivity contribution in [2.45, 2.75) is 25.7 Å². The maximum atomic E-state index is 13.4. The summed E-state index contributed by atoms with van der Waals surface area (Å²) in [7, 11) is -3.96. The molecule has 3 aromatic carbocycles. The molecule has 0 spiro atoms. The van der Waals surface area contributed by atoms with Crippen LogP contribution in [-0.2, 0) is 14.8 Å². The first kappa shape index (κ1) is 24.9. The number of benzene rings is 3. The highest BCUT2D eigenvalue weighted by Crippen LogP contribution is 2.24. The molecule has 36 heavy (non-hydrogen) atoms. The lowest BCUT2D eigenvalue weighted by atomic mass is 10.2. The smallest absolute Gasteiger partial charge is 0.264 e. The van der Waals surface area contributed by atoms with E-state index in [9.17, 15) is 13.2 Å². The lowest BCUT2D eigenvalue weighted by Gasteiger charge is -2.23. The second kappa shape index (κ2) is 10.6. The number of aromatic nitrogens is 1. The Balaban J connectivity index is 1.54. The van der Waals surface area contributed by atoms with Crippen LogP contribution < -0.4 is 9.73 Å². The quantitative estimate of drug-likeness (QED) is 0.280. The zero-order chi connectivity index (χ0) is 25.7. The molecule has 0 aliphatic rings. The van der Waals surface area contributed by atoms with Gasteiger partial charge in [-0.1, -0.05) is 54.1 Å².